The maximum atomic E-state index is 12.9. The summed E-state index contributed by atoms with van der Waals surface area (Å²) in [6.45, 7) is 0.407. The number of benzene rings is 2. The van der Waals surface area contributed by atoms with Gasteiger partial charge in [-0.25, -0.2) is 4.98 Å². The Bertz CT molecular complexity index is 906. The molecule has 6 heteroatoms. The van der Waals surface area contributed by atoms with Crippen molar-refractivity contribution in [2.75, 3.05) is 11.9 Å². The second-order valence-electron chi connectivity index (χ2n) is 5.60. The topological polar surface area (TPSA) is 81.9 Å². The number of nitrogens with one attached hydrogen (secondary N) is 1. The Morgan fingerprint density at radius 1 is 1.12 bits per heavy atom. The molecule has 3 aromatic rings. The molecule has 0 saturated heterocycles. The normalized spacial score (nSPS) is 9.96. The number of amides is 1. The molecule has 0 unspecified atom stereocenters. The summed E-state index contributed by atoms with van der Waals surface area (Å²) < 4.78 is 0. The molecule has 2 aromatic carbocycles. The van der Waals surface area contributed by atoms with E-state index in [9.17, 15) is 4.79 Å². The number of hydrogen-bond donors (Lipinski definition) is 1. The number of carbonyl (C=O) groups is 1. The minimum absolute atomic E-state index is 0.0234. The number of nitrogens with zero attached hydrogens (tertiary/aromatic N) is 4. The van der Waals surface area contributed by atoms with Crippen LogP contribution in [0.4, 0.5) is 11.5 Å². The number of rotatable bonds is 6. The molecule has 0 saturated carbocycles. The van der Waals surface area contributed by atoms with Gasteiger partial charge in [0, 0.05) is 30.2 Å². The van der Waals surface area contributed by atoms with Crippen LogP contribution in [0, 0.1) is 11.3 Å². The summed E-state index contributed by atoms with van der Waals surface area (Å²) in [5.74, 6) is 0.397. The largest absolute Gasteiger partial charge is 0.339 e. The third kappa shape index (κ3) is 4.42. The minimum atomic E-state index is -0.196. The molecule has 1 N–H and O–H groups in total. The van der Waals surface area contributed by atoms with Gasteiger partial charge in [-0.3, -0.25) is 9.78 Å². The Morgan fingerprint density at radius 3 is 2.69 bits per heavy atom. The zero-order valence-corrected chi connectivity index (χ0v) is 14.0. The lowest BCUT2D eigenvalue weighted by Crippen LogP contribution is -2.31. The van der Waals surface area contributed by atoms with E-state index in [1.54, 1.807) is 36.8 Å². The third-order valence-electron chi connectivity index (χ3n) is 3.71. The Hall–Kier alpha value is -3.72. The van der Waals surface area contributed by atoms with Gasteiger partial charge >= 0.3 is 0 Å². The molecule has 1 amide bonds. The lowest BCUT2D eigenvalue weighted by Gasteiger charge is -2.20. The van der Waals surface area contributed by atoms with Gasteiger partial charge in [0.05, 0.1) is 12.3 Å². The summed E-state index contributed by atoms with van der Waals surface area (Å²) in [4.78, 5) is 22.5. The molecule has 0 aliphatic carbocycles. The quantitative estimate of drug-likeness (QED) is 0.694. The van der Waals surface area contributed by atoms with Crippen molar-refractivity contribution < 1.29 is 4.79 Å². The van der Waals surface area contributed by atoms with Crippen LogP contribution in [0.5, 0.6) is 0 Å². The van der Waals surface area contributed by atoms with Crippen molar-refractivity contribution >= 4 is 17.4 Å². The van der Waals surface area contributed by atoms with Crippen molar-refractivity contribution in [1.82, 2.24) is 14.9 Å². The van der Waals surface area contributed by atoms with E-state index < -0.39 is 0 Å². The summed E-state index contributed by atoms with van der Waals surface area (Å²) in [6, 6.07) is 18.8. The predicted octanol–water partition coefficient (Wildman–Crippen LogP) is 3.39. The van der Waals surface area contributed by atoms with Gasteiger partial charge in [0.25, 0.3) is 5.91 Å². The zero-order chi connectivity index (χ0) is 18.2. The van der Waals surface area contributed by atoms with Crippen LogP contribution in [0.3, 0.4) is 0 Å². The lowest BCUT2D eigenvalue weighted by atomic mass is 10.1. The molecule has 3 rings (SSSR count). The van der Waals surface area contributed by atoms with Crippen LogP contribution >= 0.6 is 0 Å². The first-order valence-corrected chi connectivity index (χ1v) is 8.09. The van der Waals surface area contributed by atoms with E-state index in [2.05, 4.69) is 21.4 Å². The molecule has 1 aromatic heterocycles. The fraction of sp³-hybridized carbons (Fsp3) is 0.100. The average Bonchev–Trinajstić information content (AvgIpc) is 2.69. The molecule has 128 valence electrons. The highest BCUT2D eigenvalue weighted by Gasteiger charge is 2.16. The standard InChI is InChI=1S/C20H17N5O/c21-9-12-25(15-16-5-2-1-3-6-16)20(26)17-7-4-8-18(13-17)24-19-14-22-10-11-23-19/h1-8,10-11,13-14H,12,15H2,(H,23,24). The summed E-state index contributed by atoms with van der Waals surface area (Å²) in [6.07, 6.45) is 4.78. The smallest absolute Gasteiger partial charge is 0.255 e. The van der Waals surface area contributed by atoms with Crippen molar-refractivity contribution in [2.24, 2.45) is 0 Å². The summed E-state index contributed by atoms with van der Waals surface area (Å²) >= 11 is 0. The average molecular weight is 343 g/mol. The van der Waals surface area contributed by atoms with Crippen LogP contribution in [0.1, 0.15) is 15.9 Å². The molecule has 1 heterocycles. The molecule has 0 radical (unpaired) electrons. The number of anilines is 2. The highest BCUT2D eigenvalue weighted by molar-refractivity contribution is 5.95. The molecular formula is C20H17N5O. The molecule has 0 spiro atoms. The van der Waals surface area contributed by atoms with Gasteiger partial charge < -0.3 is 10.2 Å². The van der Waals surface area contributed by atoms with Gasteiger partial charge in [0.2, 0.25) is 0 Å². The third-order valence-corrected chi connectivity index (χ3v) is 3.71. The van der Waals surface area contributed by atoms with Crippen molar-refractivity contribution in [3.8, 4) is 6.07 Å². The first kappa shape index (κ1) is 17.1. The maximum Gasteiger partial charge on any atom is 0.255 e. The van der Waals surface area contributed by atoms with Crippen LogP contribution in [0.2, 0.25) is 0 Å². The van der Waals surface area contributed by atoms with E-state index in [0.29, 0.717) is 17.9 Å². The van der Waals surface area contributed by atoms with Crippen molar-refractivity contribution in [2.45, 2.75) is 6.54 Å². The molecular weight excluding hydrogens is 326 g/mol. The van der Waals surface area contributed by atoms with E-state index in [4.69, 9.17) is 5.26 Å². The van der Waals surface area contributed by atoms with E-state index in [1.165, 1.54) is 4.90 Å². The Morgan fingerprint density at radius 2 is 1.96 bits per heavy atom. The molecule has 0 atom stereocenters. The second kappa shape index (κ2) is 8.40. The Kier molecular flexibility index (Phi) is 5.53. The molecule has 6 nitrogen and oxygen atoms in total. The van der Waals surface area contributed by atoms with Crippen LogP contribution in [-0.4, -0.2) is 27.3 Å². The molecule has 26 heavy (non-hydrogen) atoms. The molecule has 0 aliphatic heterocycles. The number of carbonyl (C=O) groups excluding carboxylic acids is 1. The predicted molar refractivity (Wildman–Crippen MR) is 98.6 cm³/mol. The summed E-state index contributed by atoms with van der Waals surface area (Å²) in [5, 5.41) is 12.2. The molecule has 0 aliphatic rings. The molecule has 0 bridgehead atoms. The van der Waals surface area contributed by atoms with Gasteiger partial charge in [0.15, 0.2) is 0 Å². The van der Waals surface area contributed by atoms with Crippen molar-refractivity contribution in [3.05, 3.63) is 84.3 Å². The number of hydrogen-bond acceptors (Lipinski definition) is 5. The highest BCUT2D eigenvalue weighted by Crippen LogP contribution is 2.17. The van der Waals surface area contributed by atoms with Crippen LogP contribution in [0.25, 0.3) is 0 Å². The summed E-state index contributed by atoms with van der Waals surface area (Å²) in [5.41, 5.74) is 2.21. The van der Waals surface area contributed by atoms with Crippen LogP contribution < -0.4 is 5.32 Å². The number of nitriles is 1. The fourth-order valence-electron chi connectivity index (χ4n) is 2.51. The van der Waals surface area contributed by atoms with Crippen LogP contribution in [0.15, 0.2) is 73.2 Å². The minimum Gasteiger partial charge on any atom is -0.339 e. The fourth-order valence-corrected chi connectivity index (χ4v) is 2.51. The van der Waals surface area contributed by atoms with Gasteiger partial charge in [-0.2, -0.15) is 5.26 Å². The maximum absolute atomic E-state index is 12.9. The van der Waals surface area contributed by atoms with Crippen molar-refractivity contribution in [1.29, 1.82) is 5.26 Å². The van der Waals surface area contributed by atoms with Crippen molar-refractivity contribution in [3.63, 3.8) is 0 Å². The summed E-state index contributed by atoms with van der Waals surface area (Å²) in [7, 11) is 0. The van der Waals surface area contributed by atoms with E-state index >= 15 is 0 Å². The Labute approximate surface area is 151 Å². The van der Waals surface area contributed by atoms with Gasteiger partial charge in [-0.05, 0) is 23.8 Å². The van der Waals surface area contributed by atoms with Gasteiger partial charge in [0.1, 0.15) is 12.4 Å². The Balaban J connectivity index is 1.78. The number of aromatic nitrogens is 2. The van der Waals surface area contributed by atoms with E-state index in [0.717, 1.165) is 11.3 Å². The second-order valence-corrected chi connectivity index (χ2v) is 5.60. The first-order chi connectivity index (χ1) is 12.8. The zero-order valence-electron chi connectivity index (χ0n) is 14.0. The van der Waals surface area contributed by atoms with Crippen LogP contribution in [-0.2, 0) is 6.54 Å². The van der Waals surface area contributed by atoms with Gasteiger partial charge in [-0.15, -0.1) is 0 Å². The lowest BCUT2D eigenvalue weighted by molar-refractivity contribution is 0.0765. The monoisotopic (exact) mass is 343 g/mol. The SMILES string of the molecule is N#CCN(Cc1ccccc1)C(=O)c1cccc(Nc2cnccn2)c1. The van der Waals surface area contributed by atoms with E-state index in [-0.39, 0.29) is 12.5 Å². The van der Waals surface area contributed by atoms with E-state index in [1.807, 2.05) is 36.4 Å². The first-order valence-electron chi connectivity index (χ1n) is 8.09. The molecule has 0 fully saturated rings. The highest BCUT2D eigenvalue weighted by atomic mass is 16.2. The van der Waals surface area contributed by atoms with Gasteiger partial charge in [-0.1, -0.05) is 36.4 Å².